The Morgan fingerprint density at radius 1 is 1.50 bits per heavy atom. The largest absolute Gasteiger partial charge is 0.496 e. The van der Waals surface area contributed by atoms with Crippen LogP contribution in [0.15, 0.2) is 18.2 Å². The molecule has 0 aliphatic heterocycles. The molecule has 0 unspecified atom stereocenters. The molecular weight excluding hydrogens is 204 g/mol. The van der Waals surface area contributed by atoms with E-state index in [1.807, 2.05) is 18.2 Å². The number of benzene rings is 1. The van der Waals surface area contributed by atoms with Crippen LogP contribution in [0.2, 0.25) is 0 Å². The molecule has 0 aromatic heterocycles. The molecule has 1 aromatic rings. The normalized spacial score (nSPS) is 9.12. The van der Waals surface area contributed by atoms with E-state index in [2.05, 4.69) is 18.8 Å². The Kier molecular flexibility index (Phi) is 4.41. The van der Waals surface area contributed by atoms with E-state index in [0.29, 0.717) is 6.42 Å². The minimum atomic E-state index is -1.11. The Morgan fingerprint density at radius 2 is 2.25 bits per heavy atom. The lowest BCUT2D eigenvalue weighted by Crippen LogP contribution is -1.94. The molecule has 3 nitrogen and oxygen atoms in total. The molecule has 0 spiro atoms. The average Bonchev–Trinajstić information content (AvgIpc) is 2.28. The quantitative estimate of drug-likeness (QED) is 0.788. The van der Waals surface area contributed by atoms with E-state index in [4.69, 9.17) is 9.84 Å². The number of carboxylic acids is 1. The number of methoxy groups -OCH3 is 1. The third kappa shape index (κ3) is 3.32. The van der Waals surface area contributed by atoms with Crippen LogP contribution in [0.4, 0.5) is 0 Å². The van der Waals surface area contributed by atoms with Crippen molar-refractivity contribution < 1.29 is 14.6 Å². The highest BCUT2D eigenvalue weighted by Gasteiger charge is 2.02. The van der Waals surface area contributed by atoms with Crippen LogP contribution in [0.1, 0.15) is 18.1 Å². The first-order valence-corrected chi connectivity index (χ1v) is 5.05. The predicted octanol–water partition coefficient (Wildman–Crippen LogP) is 1.89. The Bertz CT molecular complexity index is 438. The van der Waals surface area contributed by atoms with Gasteiger partial charge in [-0.3, -0.25) is 0 Å². The lowest BCUT2D eigenvalue weighted by molar-refractivity contribution is -0.130. The number of aliphatic carboxylic acids is 1. The summed E-state index contributed by atoms with van der Waals surface area (Å²) in [6, 6.07) is 5.87. The van der Waals surface area contributed by atoms with Gasteiger partial charge in [-0.15, -0.1) is 0 Å². The maximum Gasteiger partial charge on any atom is 0.381 e. The van der Waals surface area contributed by atoms with Gasteiger partial charge in [0.2, 0.25) is 0 Å². The number of hydrogen-bond donors (Lipinski definition) is 1. The topological polar surface area (TPSA) is 46.5 Å². The van der Waals surface area contributed by atoms with Crippen molar-refractivity contribution in [2.24, 2.45) is 0 Å². The fraction of sp³-hybridized carbons (Fsp3) is 0.308. The van der Waals surface area contributed by atoms with Gasteiger partial charge in [-0.05, 0) is 18.1 Å². The molecule has 0 aliphatic carbocycles. The molecule has 0 saturated carbocycles. The van der Waals surface area contributed by atoms with Crippen LogP contribution in [0.25, 0.3) is 0 Å². The molecule has 0 saturated heterocycles. The van der Waals surface area contributed by atoms with Gasteiger partial charge < -0.3 is 9.84 Å². The molecule has 16 heavy (non-hydrogen) atoms. The van der Waals surface area contributed by atoms with E-state index in [-0.39, 0.29) is 0 Å². The smallest absolute Gasteiger partial charge is 0.381 e. The van der Waals surface area contributed by atoms with Crippen molar-refractivity contribution in [2.75, 3.05) is 7.11 Å². The van der Waals surface area contributed by atoms with Crippen LogP contribution in [-0.2, 0) is 17.6 Å². The van der Waals surface area contributed by atoms with Gasteiger partial charge in [0.1, 0.15) is 5.75 Å². The molecule has 0 radical (unpaired) electrons. The monoisotopic (exact) mass is 218 g/mol. The molecule has 0 bridgehead atoms. The zero-order valence-corrected chi connectivity index (χ0v) is 9.41. The fourth-order valence-electron chi connectivity index (χ4n) is 1.41. The maximum atomic E-state index is 10.3. The molecule has 1 N–H and O–H groups in total. The molecule has 0 atom stereocenters. The second-order valence-corrected chi connectivity index (χ2v) is 3.28. The second-order valence-electron chi connectivity index (χ2n) is 3.28. The van der Waals surface area contributed by atoms with Gasteiger partial charge in [0, 0.05) is 17.9 Å². The van der Waals surface area contributed by atoms with E-state index >= 15 is 0 Å². The molecular formula is C13H14O3. The summed E-state index contributed by atoms with van der Waals surface area (Å²) in [5, 5.41) is 8.41. The van der Waals surface area contributed by atoms with Crippen LogP contribution >= 0.6 is 0 Å². The van der Waals surface area contributed by atoms with E-state index in [1.54, 1.807) is 7.11 Å². The van der Waals surface area contributed by atoms with Crippen LogP contribution < -0.4 is 4.74 Å². The highest BCUT2D eigenvalue weighted by molar-refractivity contribution is 5.86. The Hall–Kier alpha value is -1.95. The van der Waals surface area contributed by atoms with Crippen LogP contribution in [0.3, 0.4) is 0 Å². The summed E-state index contributed by atoms with van der Waals surface area (Å²) in [6.45, 7) is 2.06. The van der Waals surface area contributed by atoms with E-state index < -0.39 is 5.97 Å². The van der Waals surface area contributed by atoms with Crippen molar-refractivity contribution in [3.63, 3.8) is 0 Å². The standard InChI is InChI=1S/C13H14O3/c1-3-10-7-8-12(16-2)11(9-10)5-4-6-13(14)15/h7-9H,3,5H2,1-2H3,(H,14,15). The van der Waals surface area contributed by atoms with E-state index in [1.165, 1.54) is 5.56 Å². The van der Waals surface area contributed by atoms with Crippen molar-refractivity contribution in [1.29, 1.82) is 0 Å². The Balaban J connectivity index is 2.92. The van der Waals surface area contributed by atoms with Gasteiger partial charge in [0.25, 0.3) is 0 Å². The predicted molar refractivity (Wildman–Crippen MR) is 61.5 cm³/mol. The summed E-state index contributed by atoms with van der Waals surface area (Å²) in [4.78, 5) is 10.3. The van der Waals surface area contributed by atoms with Gasteiger partial charge in [0.05, 0.1) is 7.11 Å². The van der Waals surface area contributed by atoms with Crippen molar-refractivity contribution >= 4 is 5.97 Å². The summed E-state index contributed by atoms with van der Waals surface area (Å²) in [5.41, 5.74) is 2.11. The minimum Gasteiger partial charge on any atom is -0.496 e. The Labute approximate surface area is 95.1 Å². The summed E-state index contributed by atoms with van der Waals surface area (Å²) < 4.78 is 5.19. The van der Waals surface area contributed by atoms with Crippen LogP contribution in [0.5, 0.6) is 5.75 Å². The first-order chi connectivity index (χ1) is 7.67. The van der Waals surface area contributed by atoms with Gasteiger partial charge in [-0.1, -0.05) is 25.0 Å². The highest BCUT2D eigenvalue weighted by atomic mass is 16.5. The molecule has 1 aromatic carbocycles. The zero-order valence-electron chi connectivity index (χ0n) is 9.41. The lowest BCUT2D eigenvalue weighted by Gasteiger charge is -2.07. The molecule has 84 valence electrons. The third-order valence-electron chi connectivity index (χ3n) is 2.23. The van der Waals surface area contributed by atoms with Gasteiger partial charge in [-0.25, -0.2) is 4.79 Å². The number of hydrogen-bond acceptors (Lipinski definition) is 2. The maximum absolute atomic E-state index is 10.3. The molecule has 3 heteroatoms. The Morgan fingerprint density at radius 3 is 2.81 bits per heavy atom. The molecule has 1 rings (SSSR count). The average molecular weight is 218 g/mol. The van der Waals surface area contributed by atoms with Gasteiger partial charge in [-0.2, -0.15) is 0 Å². The number of rotatable bonds is 3. The molecule has 0 amide bonds. The number of carboxylic acid groups (broad SMARTS) is 1. The summed E-state index contributed by atoms with van der Waals surface area (Å²) in [5.74, 6) is 4.33. The summed E-state index contributed by atoms with van der Waals surface area (Å²) >= 11 is 0. The highest BCUT2D eigenvalue weighted by Crippen LogP contribution is 2.20. The van der Waals surface area contributed by atoms with E-state index in [9.17, 15) is 4.79 Å². The van der Waals surface area contributed by atoms with Crippen molar-refractivity contribution in [3.05, 3.63) is 29.3 Å². The summed E-state index contributed by atoms with van der Waals surface area (Å²) in [6.07, 6.45) is 1.33. The SMILES string of the molecule is CCc1ccc(OC)c(CC#CC(=O)O)c1. The summed E-state index contributed by atoms with van der Waals surface area (Å²) in [7, 11) is 1.59. The lowest BCUT2D eigenvalue weighted by atomic mass is 10.1. The number of carbonyl (C=O) groups is 1. The van der Waals surface area contributed by atoms with Crippen molar-refractivity contribution in [3.8, 4) is 17.6 Å². The zero-order chi connectivity index (χ0) is 12.0. The van der Waals surface area contributed by atoms with Crippen LogP contribution in [0, 0.1) is 11.8 Å². The fourth-order valence-corrected chi connectivity index (χ4v) is 1.41. The van der Waals surface area contributed by atoms with Crippen molar-refractivity contribution in [2.45, 2.75) is 19.8 Å². The third-order valence-corrected chi connectivity index (χ3v) is 2.23. The number of ether oxygens (including phenoxy) is 1. The second kappa shape index (κ2) is 5.82. The molecule has 0 fully saturated rings. The van der Waals surface area contributed by atoms with Crippen molar-refractivity contribution in [1.82, 2.24) is 0 Å². The minimum absolute atomic E-state index is 0.392. The van der Waals surface area contributed by atoms with E-state index in [0.717, 1.165) is 17.7 Å². The molecule has 0 heterocycles. The van der Waals surface area contributed by atoms with Gasteiger partial charge in [0.15, 0.2) is 0 Å². The number of aryl methyl sites for hydroxylation is 1. The first kappa shape index (κ1) is 12.1. The van der Waals surface area contributed by atoms with Gasteiger partial charge >= 0.3 is 5.97 Å². The molecule has 0 aliphatic rings. The first-order valence-electron chi connectivity index (χ1n) is 5.05. The van der Waals surface area contributed by atoms with Crippen LogP contribution in [-0.4, -0.2) is 18.2 Å².